The molecule has 0 saturated carbocycles. The lowest BCUT2D eigenvalue weighted by Gasteiger charge is -1.97. The van der Waals surface area contributed by atoms with Crippen LogP contribution in [0.5, 0.6) is 0 Å². The average molecular weight is 306 g/mol. The van der Waals surface area contributed by atoms with Crippen LogP contribution in [0.4, 0.5) is 0 Å². The van der Waals surface area contributed by atoms with Crippen molar-refractivity contribution in [3.63, 3.8) is 0 Å². The number of rotatable bonds is 14. The van der Waals surface area contributed by atoms with E-state index < -0.39 is 0 Å². The topological polar surface area (TPSA) is 60.2 Å². The third-order valence-corrected chi connectivity index (χ3v) is 3.26. The van der Waals surface area contributed by atoms with Gasteiger partial charge in [-0.1, -0.05) is 50.5 Å². The van der Waals surface area contributed by atoms with Crippen LogP contribution in [0.25, 0.3) is 0 Å². The second-order valence-corrected chi connectivity index (χ2v) is 5.19. The molecule has 0 fully saturated rings. The number of hydrogen-bond acceptors (Lipinski definition) is 3. The maximum atomic E-state index is 10.7. The fraction of sp³-hybridized carbons (Fsp3) is 0.611. The Bertz CT molecular complexity index is 384. The van der Waals surface area contributed by atoms with Crippen molar-refractivity contribution in [3.8, 4) is 0 Å². The van der Waals surface area contributed by atoms with Gasteiger partial charge in [0, 0.05) is 6.42 Å². The van der Waals surface area contributed by atoms with Gasteiger partial charge in [0.15, 0.2) is 6.29 Å². The zero-order valence-electron chi connectivity index (χ0n) is 13.6. The number of nitro groups is 1. The molecule has 0 aromatic heterocycles. The van der Waals surface area contributed by atoms with Crippen molar-refractivity contribution in [2.24, 2.45) is 0 Å². The number of unbranched alkanes of at least 4 members (excludes halogenated alkanes) is 6. The number of nitrogens with zero attached hydrogens (tertiary/aromatic N) is 1. The molecule has 0 aliphatic rings. The first-order chi connectivity index (χ1) is 10.7. The average Bonchev–Trinajstić information content (AvgIpc) is 2.50. The Balaban J connectivity index is 3.57. The third kappa shape index (κ3) is 13.3. The van der Waals surface area contributed by atoms with Crippen molar-refractivity contribution < 1.29 is 9.72 Å². The van der Waals surface area contributed by atoms with Crippen LogP contribution in [0.3, 0.4) is 0 Å². The lowest BCUT2D eigenvalue weighted by Crippen LogP contribution is -1.96. The molecule has 0 saturated heterocycles. The van der Waals surface area contributed by atoms with E-state index in [-0.39, 0.29) is 10.6 Å². The van der Waals surface area contributed by atoms with Crippen LogP contribution in [-0.2, 0) is 4.79 Å². The number of hydrogen-bond donors (Lipinski definition) is 0. The lowest BCUT2D eigenvalue weighted by molar-refractivity contribution is -0.427. The summed E-state index contributed by atoms with van der Waals surface area (Å²) in [5.41, 5.74) is 0.273. The maximum Gasteiger partial charge on any atom is 0.246 e. The molecule has 0 N–H and O–H groups in total. The Morgan fingerprint density at radius 1 is 1.05 bits per heavy atom. The summed E-state index contributed by atoms with van der Waals surface area (Å²) in [7, 11) is 0. The number of carbonyl (C=O) groups excluding carboxylic acids is 1. The predicted molar refractivity (Wildman–Crippen MR) is 90.9 cm³/mol. The predicted octanol–water partition coefficient (Wildman–Crippen LogP) is 5.29. The van der Waals surface area contributed by atoms with E-state index in [1.807, 2.05) is 25.4 Å². The second-order valence-electron chi connectivity index (χ2n) is 5.19. The van der Waals surface area contributed by atoms with E-state index in [0.717, 1.165) is 25.7 Å². The first-order valence-corrected chi connectivity index (χ1v) is 8.20. The van der Waals surface area contributed by atoms with E-state index in [0.29, 0.717) is 19.3 Å². The Morgan fingerprint density at radius 2 is 1.73 bits per heavy atom. The van der Waals surface area contributed by atoms with Crippen molar-refractivity contribution in [1.82, 2.24) is 0 Å². The Hall–Kier alpha value is -1.71. The molecule has 123 valence electrons. The van der Waals surface area contributed by atoms with Crippen LogP contribution in [0, 0.1) is 10.1 Å². The minimum absolute atomic E-state index is 0.273. The molecule has 4 nitrogen and oxygen atoms in total. The normalized spacial score (nSPS) is 12.3. The summed E-state index contributed by atoms with van der Waals surface area (Å²) in [5, 5.41) is 10.7. The van der Waals surface area contributed by atoms with Gasteiger partial charge in [-0.3, -0.25) is 14.9 Å². The zero-order chi connectivity index (χ0) is 16.5. The van der Waals surface area contributed by atoms with Crippen LogP contribution in [0.15, 0.2) is 36.1 Å². The second kappa shape index (κ2) is 15.7. The van der Waals surface area contributed by atoms with Crippen LogP contribution >= 0.6 is 0 Å². The highest BCUT2D eigenvalue weighted by atomic mass is 16.6. The molecule has 0 rings (SSSR count). The van der Waals surface area contributed by atoms with Crippen molar-refractivity contribution in [1.29, 1.82) is 0 Å². The van der Waals surface area contributed by atoms with Gasteiger partial charge < -0.3 is 0 Å². The van der Waals surface area contributed by atoms with E-state index in [9.17, 15) is 14.9 Å². The van der Waals surface area contributed by atoms with Crippen molar-refractivity contribution in [3.05, 3.63) is 46.2 Å². The van der Waals surface area contributed by atoms with Gasteiger partial charge in [-0.25, -0.2) is 0 Å². The first-order valence-electron chi connectivity index (χ1n) is 8.20. The van der Waals surface area contributed by atoms with E-state index in [2.05, 4.69) is 12.2 Å². The van der Waals surface area contributed by atoms with Gasteiger partial charge in [-0.05, 0) is 38.2 Å². The molecular formula is C18H28NO3. The Kier molecular flexibility index (Phi) is 14.5. The van der Waals surface area contributed by atoms with E-state index in [1.165, 1.54) is 19.3 Å². The first kappa shape index (κ1) is 20.3. The van der Waals surface area contributed by atoms with E-state index in [4.69, 9.17) is 0 Å². The van der Waals surface area contributed by atoms with Crippen molar-refractivity contribution >= 4 is 6.29 Å². The fourth-order valence-corrected chi connectivity index (χ4v) is 2.05. The van der Waals surface area contributed by atoms with Crippen LogP contribution in [-0.4, -0.2) is 11.2 Å². The molecule has 0 unspecified atom stereocenters. The van der Waals surface area contributed by atoms with Crippen molar-refractivity contribution in [2.75, 3.05) is 0 Å². The zero-order valence-corrected chi connectivity index (χ0v) is 13.6. The van der Waals surface area contributed by atoms with Crippen LogP contribution in [0.1, 0.15) is 71.1 Å². The molecule has 0 aliphatic carbocycles. The number of allylic oxidation sites excluding steroid dienone is 5. The molecule has 0 aliphatic heterocycles. The highest BCUT2D eigenvalue weighted by molar-refractivity contribution is 5.50. The third-order valence-electron chi connectivity index (χ3n) is 3.26. The lowest BCUT2D eigenvalue weighted by atomic mass is 10.1. The summed E-state index contributed by atoms with van der Waals surface area (Å²) < 4.78 is 0. The Morgan fingerprint density at radius 3 is 2.41 bits per heavy atom. The molecular weight excluding hydrogens is 278 g/mol. The van der Waals surface area contributed by atoms with Crippen LogP contribution < -0.4 is 0 Å². The summed E-state index contributed by atoms with van der Waals surface area (Å²) in [6.07, 6.45) is 20.9. The van der Waals surface area contributed by atoms with E-state index >= 15 is 0 Å². The van der Waals surface area contributed by atoms with Gasteiger partial charge in [-0.2, -0.15) is 0 Å². The Labute approximate surface area is 134 Å². The highest BCUT2D eigenvalue weighted by Crippen LogP contribution is 2.08. The SMILES string of the molecule is CC/C=C(/C/C=C/C/C=C/CCCCCCC[C]=O)[N+](=O)[O-]. The molecule has 0 heterocycles. The quantitative estimate of drug-likeness (QED) is 0.189. The van der Waals surface area contributed by atoms with Gasteiger partial charge in [-0.15, -0.1) is 0 Å². The van der Waals surface area contributed by atoms with Gasteiger partial charge in [0.25, 0.3) is 0 Å². The minimum Gasteiger partial charge on any atom is -0.291 e. The standard InChI is InChI=1S/C18H28NO3/c1-2-15-18(19(21)22)16-13-11-9-7-5-3-4-6-8-10-12-14-17-20/h5,7,11,13,15H,2-4,6,8-10,12,14,16H2,1H3/b7-5+,13-11+,18-15-. The summed E-state index contributed by atoms with van der Waals surface area (Å²) in [5.74, 6) is 0. The minimum atomic E-state index is -0.309. The van der Waals surface area contributed by atoms with Gasteiger partial charge in [0.2, 0.25) is 5.70 Å². The summed E-state index contributed by atoms with van der Waals surface area (Å²) in [6, 6.07) is 0. The molecule has 0 aromatic carbocycles. The van der Waals surface area contributed by atoms with Gasteiger partial charge in [0.1, 0.15) is 0 Å². The monoisotopic (exact) mass is 306 g/mol. The molecule has 0 amide bonds. The summed E-state index contributed by atoms with van der Waals surface area (Å²) in [6.45, 7) is 1.90. The molecule has 0 spiro atoms. The highest BCUT2D eigenvalue weighted by Gasteiger charge is 2.05. The molecule has 1 radical (unpaired) electrons. The molecule has 0 aromatic rings. The maximum absolute atomic E-state index is 10.7. The van der Waals surface area contributed by atoms with Crippen LogP contribution in [0.2, 0.25) is 0 Å². The summed E-state index contributed by atoms with van der Waals surface area (Å²) in [4.78, 5) is 20.4. The van der Waals surface area contributed by atoms with E-state index in [1.54, 1.807) is 6.08 Å². The molecule has 0 bridgehead atoms. The largest absolute Gasteiger partial charge is 0.291 e. The van der Waals surface area contributed by atoms with Gasteiger partial charge >= 0.3 is 0 Å². The molecule has 4 heteroatoms. The smallest absolute Gasteiger partial charge is 0.246 e. The molecule has 22 heavy (non-hydrogen) atoms. The fourth-order valence-electron chi connectivity index (χ4n) is 2.05. The van der Waals surface area contributed by atoms with Crippen molar-refractivity contribution in [2.45, 2.75) is 71.1 Å². The summed E-state index contributed by atoms with van der Waals surface area (Å²) >= 11 is 0. The molecule has 0 atom stereocenters. The van der Waals surface area contributed by atoms with Gasteiger partial charge in [0.05, 0.1) is 11.3 Å².